The Morgan fingerprint density at radius 3 is 2.83 bits per heavy atom. The molecule has 1 aromatic heterocycles. The van der Waals surface area contributed by atoms with Crippen LogP contribution in [0.1, 0.15) is 45.6 Å². The molecule has 2 atom stereocenters. The van der Waals surface area contributed by atoms with Gasteiger partial charge < -0.3 is 9.67 Å². The van der Waals surface area contributed by atoms with Crippen molar-refractivity contribution in [3.8, 4) is 0 Å². The lowest BCUT2D eigenvalue weighted by Gasteiger charge is -2.27. The molecule has 0 aromatic carbocycles. The van der Waals surface area contributed by atoms with Crippen molar-refractivity contribution in [1.82, 2.24) is 9.55 Å². The fourth-order valence-corrected chi connectivity index (χ4v) is 3.61. The Labute approximate surface area is 111 Å². The number of hydrogen-bond acceptors (Lipinski definition) is 4. The Morgan fingerprint density at radius 2 is 2.17 bits per heavy atom. The van der Waals surface area contributed by atoms with Crippen LogP contribution in [0.2, 0.25) is 0 Å². The third-order valence-electron chi connectivity index (χ3n) is 3.29. The van der Waals surface area contributed by atoms with E-state index in [0.29, 0.717) is 0 Å². The van der Waals surface area contributed by atoms with Crippen molar-refractivity contribution < 1.29 is 5.11 Å². The van der Waals surface area contributed by atoms with Crippen LogP contribution in [-0.4, -0.2) is 26.0 Å². The second-order valence-electron chi connectivity index (χ2n) is 5.06. The molecule has 2 unspecified atom stereocenters. The van der Waals surface area contributed by atoms with Crippen LogP contribution in [0, 0.1) is 0 Å². The van der Waals surface area contributed by atoms with Gasteiger partial charge in [-0.05, 0) is 26.7 Å². The summed E-state index contributed by atoms with van der Waals surface area (Å²) < 4.78 is 1.99. The zero-order valence-electron chi connectivity index (χ0n) is 10.9. The Bertz CT molecular complexity index is 459. The van der Waals surface area contributed by atoms with Gasteiger partial charge in [-0.1, -0.05) is 24.6 Å². The van der Waals surface area contributed by atoms with Gasteiger partial charge in [0.2, 0.25) is 0 Å². The molecule has 0 radical (unpaired) electrons. The van der Waals surface area contributed by atoms with Crippen molar-refractivity contribution in [2.75, 3.05) is 0 Å². The molecule has 100 valence electrons. The molecule has 2 rings (SSSR count). The second-order valence-corrected chi connectivity index (χ2v) is 6.26. The second kappa shape index (κ2) is 5.89. The average Bonchev–Trinajstić information content (AvgIpc) is 2.32. The van der Waals surface area contributed by atoms with Crippen molar-refractivity contribution in [1.29, 1.82) is 0 Å². The van der Waals surface area contributed by atoms with Crippen LogP contribution in [0.5, 0.6) is 0 Å². The van der Waals surface area contributed by atoms with Crippen molar-refractivity contribution >= 4 is 11.8 Å². The average molecular weight is 268 g/mol. The van der Waals surface area contributed by atoms with Crippen LogP contribution in [0.4, 0.5) is 0 Å². The van der Waals surface area contributed by atoms with Gasteiger partial charge in [0.25, 0.3) is 5.56 Å². The molecule has 1 saturated carbocycles. The van der Waals surface area contributed by atoms with Crippen molar-refractivity contribution in [3.05, 3.63) is 22.6 Å². The molecular weight excluding hydrogens is 248 g/mol. The van der Waals surface area contributed by atoms with Gasteiger partial charge >= 0.3 is 0 Å². The SMILES string of the molecule is CC(C)n1ccc(=O)nc1SC1CCCCC1O. The molecule has 18 heavy (non-hydrogen) atoms. The molecule has 1 N–H and O–H groups in total. The Kier molecular flexibility index (Phi) is 4.45. The van der Waals surface area contributed by atoms with E-state index in [-0.39, 0.29) is 23.0 Å². The predicted molar refractivity (Wildman–Crippen MR) is 73.0 cm³/mol. The number of aromatic nitrogens is 2. The minimum atomic E-state index is -0.276. The summed E-state index contributed by atoms with van der Waals surface area (Å²) in [6.45, 7) is 4.13. The van der Waals surface area contributed by atoms with Crippen molar-refractivity contribution in [2.24, 2.45) is 0 Å². The van der Waals surface area contributed by atoms with E-state index in [2.05, 4.69) is 18.8 Å². The third-order valence-corrected chi connectivity index (χ3v) is 4.65. The van der Waals surface area contributed by atoms with E-state index in [1.165, 1.54) is 6.07 Å². The molecule has 0 amide bonds. The van der Waals surface area contributed by atoms with E-state index in [4.69, 9.17) is 0 Å². The Morgan fingerprint density at radius 1 is 1.44 bits per heavy atom. The van der Waals surface area contributed by atoms with E-state index in [0.717, 1.165) is 30.8 Å². The fraction of sp³-hybridized carbons (Fsp3) is 0.692. The first-order valence-electron chi connectivity index (χ1n) is 6.52. The molecule has 0 saturated heterocycles. The first kappa shape index (κ1) is 13.6. The van der Waals surface area contributed by atoms with E-state index in [9.17, 15) is 9.90 Å². The number of aliphatic hydroxyl groups is 1. The Balaban J connectivity index is 2.21. The van der Waals surface area contributed by atoms with Gasteiger partial charge in [0.05, 0.1) is 6.10 Å². The molecular formula is C13H20N2O2S. The molecule has 1 aliphatic carbocycles. The van der Waals surface area contributed by atoms with Crippen LogP contribution in [0.25, 0.3) is 0 Å². The zero-order valence-corrected chi connectivity index (χ0v) is 11.7. The molecule has 5 heteroatoms. The number of rotatable bonds is 3. The highest BCUT2D eigenvalue weighted by Crippen LogP contribution is 2.33. The highest BCUT2D eigenvalue weighted by atomic mass is 32.2. The maximum atomic E-state index is 11.4. The largest absolute Gasteiger partial charge is 0.392 e. The number of thioether (sulfide) groups is 1. The summed E-state index contributed by atoms with van der Waals surface area (Å²) in [4.78, 5) is 15.5. The molecule has 1 fully saturated rings. The highest BCUT2D eigenvalue weighted by molar-refractivity contribution is 7.99. The summed E-state index contributed by atoms with van der Waals surface area (Å²) in [5, 5.41) is 10.9. The summed E-state index contributed by atoms with van der Waals surface area (Å²) in [6.07, 6.45) is 5.61. The predicted octanol–water partition coefficient (Wildman–Crippen LogP) is 2.22. The first-order valence-corrected chi connectivity index (χ1v) is 7.40. The fourth-order valence-electron chi connectivity index (χ4n) is 2.23. The van der Waals surface area contributed by atoms with E-state index in [1.54, 1.807) is 18.0 Å². The first-order chi connectivity index (χ1) is 8.58. The van der Waals surface area contributed by atoms with Crippen molar-refractivity contribution in [3.63, 3.8) is 0 Å². The van der Waals surface area contributed by atoms with Crippen LogP contribution < -0.4 is 5.56 Å². The topological polar surface area (TPSA) is 55.1 Å². The lowest BCUT2D eigenvalue weighted by molar-refractivity contribution is 0.136. The lowest BCUT2D eigenvalue weighted by atomic mass is 9.97. The molecule has 1 heterocycles. The van der Waals surface area contributed by atoms with Crippen LogP contribution in [0.15, 0.2) is 22.2 Å². The van der Waals surface area contributed by atoms with E-state index >= 15 is 0 Å². The van der Waals surface area contributed by atoms with Gasteiger partial charge in [-0.15, -0.1) is 0 Å². The summed E-state index contributed by atoms with van der Waals surface area (Å²) >= 11 is 1.54. The molecule has 0 aliphatic heterocycles. The van der Waals surface area contributed by atoms with E-state index < -0.39 is 0 Å². The molecule has 1 aliphatic rings. The minimum absolute atomic E-state index is 0.165. The van der Waals surface area contributed by atoms with Gasteiger partial charge in [0.1, 0.15) is 0 Å². The monoisotopic (exact) mass is 268 g/mol. The summed E-state index contributed by atoms with van der Waals surface area (Å²) in [5.41, 5.74) is -0.209. The molecule has 0 spiro atoms. The van der Waals surface area contributed by atoms with Gasteiger partial charge in [-0.25, -0.2) is 0 Å². The molecule has 0 bridgehead atoms. The van der Waals surface area contributed by atoms with Crippen LogP contribution in [0.3, 0.4) is 0 Å². The van der Waals surface area contributed by atoms with Gasteiger partial charge in [-0.2, -0.15) is 4.98 Å². The minimum Gasteiger partial charge on any atom is -0.392 e. The number of nitrogens with zero attached hydrogens (tertiary/aromatic N) is 2. The maximum Gasteiger partial charge on any atom is 0.273 e. The third kappa shape index (κ3) is 3.14. The summed E-state index contributed by atoms with van der Waals surface area (Å²) in [5.74, 6) is 0. The van der Waals surface area contributed by atoms with Crippen LogP contribution in [-0.2, 0) is 0 Å². The van der Waals surface area contributed by atoms with Crippen molar-refractivity contribution in [2.45, 2.75) is 62.1 Å². The maximum absolute atomic E-state index is 11.4. The van der Waals surface area contributed by atoms with Gasteiger partial charge in [0.15, 0.2) is 5.16 Å². The molecule has 1 aromatic rings. The normalized spacial score (nSPS) is 24.4. The number of hydrogen-bond donors (Lipinski definition) is 1. The standard InChI is InChI=1S/C13H20N2O2S/c1-9(2)15-8-7-12(17)14-13(15)18-11-6-4-3-5-10(11)16/h7-11,16H,3-6H2,1-2H3. The lowest BCUT2D eigenvalue weighted by Crippen LogP contribution is -2.28. The summed E-state index contributed by atoms with van der Waals surface area (Å²) in [7, 11) is 0. The van der Waals surface area contributed by atoms with E-state index in [1.807, 2.05) is 4.57 Å². The quantitative estimate of drug-likeness (QED) is 0.854. The summed E-state index contributed by atoms with van der Waals surface area (Å²) in [6, 6.07) is 1.75. The van der Waals surface area contributed by atoms with Gasteiger partial charge in [-0.3, -0.25) is 4.79 Å². The van der Waals surface area contributed by atoms with Crippen LogP contribution >= 0.6 is 11.8 Å². The smallest absolute Gasteiger partial charge is 0.273 e. The zero-order chi connectivity index (χ0) is 13.1. The van der Waals surface area contributed by atoms with Gasteiger partial charge in [0, 0.05) is 23.6 Å². The number of aliphatic hydroxyl groups excluding tert-OH is 1. The molecule has 4 nitrogen and oxygen atoms in total. The Hall–Kier alpha value is -0.810. The highest BCUT2D eigenvalue weighted by Gasteiger charge is 2.25.